The van der Waals surface area contributed by atoms with Crippen LogP contribution in [0.3, 0.4) is 0 Å². The number of nitrogens with one attached hydrogen (secondary N) is 1. The molecule has 0 aliphatic rings. The number of benzene rings is 1. The van der Waals surface area contributed by atoms with Gasteiger partial charge in [-0.25, -0.2) is 4.68 Å². The third-order valence-corrected chi connectivity index (χ3v) is 3.81. The van der Waals surface area contributed by atoms with Crippen LogP contribution in [-0.2, 0) is 17.8 Å². The molecule has 6 heteroatoms. The lowest BCUT2D eigenvalue weighted by Gasteiger charge is -2.12. The SMILES string of the molecule is CC(C)NC(=O)Cn1nc(Cc2ccncc2)c2ccccc2c1=O. The van der Waals surface area contributed by atoms with Crippen molar-refractivity contribution < 1.29 is 4.79 Å². The molecule has 0 atom stereocenters. The third-order valence-electron chi connectivity index (χ3n) is 3.81. The summed E-state index contributed by atoms with van der Waals surface area (Å²) in [4.78, 5) is 28.7. The molecule has 3 aromatic rings. The van der Waals surface area contributed by atoms with Crippen molar-refractivity contribution >= 4 is 16.7 Å². The van der Waals surface area contributed by atoms with Crippen molar-refractivity contribution in [3.8, 4) is 0 Å². The Bertz CT molecular complexity index is 949. The number of fused-ring (bicyclic) bond motifs is 1. The number of pyridine rings is 1. The van der Waals surface area contributed by atoms with E-state index in [4.69, 9.17) is 0 Å². The third kappa shape index (κ3) is 3.91. The van der Waals surface area contributed by atoms with Crippen LogP contribution in [0, 0.1) is 0 Å². The summed E-state index contributed by atoms with van der Waals surface area (Å²) in [6.07, 6.45) is 4.02. The zero-order chi connectivity index (χ0) is 17.8. The van der Waals surface area contributed by atoms with E-state index >= 15 is 0 Å². The molecule has 0 fully saturated rings. The molecule has 0 aliphatic heterocycles. The Labute approximate surface area is 145 Å². The van der Waals surface area contributed by atoms with Gasteiger partial charge in [0.05, 0.1) is 11.1 Å². The summed E-state index contributed by atoms with van der Waals surface area (Å²) in [5.74, 6) is -0.227. The van der Waals surface area contributed by atoms with E-state index in [0.29, 0.717) is 11.8 Å². The van der Waals surface area contributed by atoms with Gasteiger partial charge in [0, 0.05) is 30.2 Å². The van der Waals surface area contributed by atoms with Gasteiger partial charge in [-0.05, 0) is 37.6 Å². The second-order valence-electron chi connectivity index (χ2n) is 6.21. The fourth-order valence-corrected chi connectivity index (χ4v) is 2.74. The lowest BCUT2D eigenvalue weighted by Crippen LogP contribution is -2.37. The number of hydrogen-bond acceptors (Lipinski definition) is 4. The van der Waals surface area contributed by atoms with Gasteiger partial charge in [0.2, 0.25) is 5.91 Å². The molecule has 0 aliphatic carbocycles. The molecule has 2 heterocycles. The van der Waals surface area contributed by atoms with E-state index in [9.17, 15) is 9.59 Å². The van der Waals surface area contributed by atoms with Crippen molar-refractivity contribution in [2.24, 2.45) is 0 Å². The first-order valence-corrected chi connectivity index (χ1v) is 8.21. The van der Waals surface area contributed by atoms with Crippen molar-refractivity contribution in [3.05, 3.63) is 70.4 Å². The Morgan fingerprint density at radius 2 is 1.80 bits per heavy atom. The average Bonchev–Trinajstić information content (AvgIpc) is 2.59. The molecule has 0 saturated heterocycles. The van der Waals surface area contributed by atoms with E-state index in [1.54, 1.807) is 18.5 Å². The molecule has 0 radical (unpaired) electrons. The minimum absolute atomic E-state index is 0.0138. The van der Waals surface area contributed by atoms with Crippen LogP contribution in [0.25, 0.3) is 10.8 Å². The van der Waals surface area contributed by atoms with Crippen LogP contribution < -0.4 is 10.9 Å². The molecular formula is C19H20N4O2. The first kappa shape index (κ1) is 16.8. The van der Waals surface area contributed by atoms with Crippen LogP contribution in [0.5, 0.6) is 0 Å². The Morgan fingerprint density at radius 3 is 2.48 bits per heavy atom. The van der Waals surface area contributed by atoms with Crippen LogP contribution in [0.2, 0.25) is 0 Å². The number of hydrogen-bond donors (Lipinski definition) is 1. The highest BCUT2D eigenvalue weighted by atomic mass is 16.2. The molecule has 1 N–H and O–H groups in total. The minimum Gasteiger partial charge on any atom is -0.352 e. The standard InChI is InChI=1S/C19H20N4O2/c1-13(2)21-18(24)12-23-19(25)16-6-4-3-5-15(16)17(22-23)11-14-7-9-20-10-8-14/h3-10,13H,11-12H2,1-2H3,(H,21,24). The van der Waals surface area contributed by atoms with Crippen molar-refractivity contribution in [2.75, 3.05) is 0 Å². The van der Waals surface area contributed by atoms with Gasteiger partial charge in [-0.3, -0.25) is 14.6 Å². The fraction of sp³-hybridized carbons (Fsp3) is 0.263. The Morgan fingerprint density at radius 1 is 1.12 bits per heavy atom. The first-order chi connectivity index (χ1) is 12.0. The molecule has 2 aromatic heterocycles. The fourth-order valence-electron chi connectivity index (χ4n) is 2.74. The first-order valence-electron chi connectivity index (χ1n) is 8.21. The summed E-state index contributed by atoms with van der Waals surface area (Å²) in [6, 6.07) is 11.2. The quantitative estimate of drug-likeness (QED) is 0.772. The minimum atomic E-state index is -0.256. The molecule has 25 heavy (non-hydrogen) atoms. The number of aromatic nitrogens is 3. The number of carbonyl (C=O) groups excluding carboxylic acids is 1. The van der Waals surface area contributed by atoms with Gasteiger partial charge in [-0.15, -0.1) is 0 Å². The highest BCUT2D eigenvalue weighted by Gasteiger charge is 2.13. The van der Waals surface area contributed by atoms with Crippen molar-refractivity contribution in [3.63, 3.8) is 0 Å². The summed E-state index contributed by atoms with van der Waals surface area (Å²) in [7, 11) is 0. The zero-order valence-corrected chi connectivity index (χ0v) is 14.3. The van der Waals surface area contributed by atoms with E-state index in [1.165, 1.54) is 4.68 Å². The largest absolute Gasteiger partial charge is 0.352 e. The van der Waals surface area contributed by atoms with E-state index < -0.39 is 0 Å². The molecule has 3 rings (SSSR count). The zero-order valence-electron chi connectivity index (χ0n) is 14.3. The van der Waals surface area contributed by atoms with Gasteiger partial charge in [0.25, 0.3) is 5.56 Å². The average molecular weight is 336 g/mol. The number of carbonyl (C=O) groups is 1. The van der Waals surface area contributed by atoms with Crippen molar-refractivity contribution in [2.45, 2.75) is 32.9 Å². The maximum Gasteiger partial charge on any atom is 0.275 e. The summed E-state index contributed by atoms with van der Waals surface area (Å²) >= 11 is 0. The molecule has 1 aromatic carbocycles. The summed E-state index contributed by atoms with van der Waals surface area (Å²) in [6.45, 7) is 3.66. The summed E-state index contributed by atoms with van der Waals surface area (Å²) in [5, 5.41) is 8.63. The predicted molar refractivity (Wildman–Crippen MR) is 96.3 cm³/mol. The highest BCUT2D eigenvalue weighted by molar-refractivity contribution is 5.84. The van der Waals surface area contributed by atoms with Crippen LogP contribution in [0.4, 0.5) is 0 Å². The second kappa shape index (κ2) is 7.25. The number of nitrogens with zero attached hydrogens (tertiary/aromatic N) is 3. The summed E-state index contributed by atoms with van der Waals surface area (Å²) in [5.41, 5.74) is 1.55. The molecule has 128 valence electrons. The lowest BCUT2D eigenvalue weighted by molar-refractivity contribution is -0.122. The molecule has 6 nitrogen and oxygen atoms in total. The van der Waals surface area contributed by atoms with Crippen LogP contribution >= 0.6 is 0 Å². The molecule has 0 unspecified atom stereocenters. The van der Waals surface area contributed by atoms with Gasteiger partial charge in [0.1, 0.15) is 6.54 Å². The molecular weight excluding hydrogens is 316 g/mol. The van der Waals surface area contributed by atoms with Crippen LogP contribution in [0.15, 0.2) is 53.6 Å². The van der Waals surface area contributed by atoms with E-state index in [2.05, 4.69) is 15.4 Å². The maximum atomic E-state index is 12.7. The Hall–Kier alpha value is -3.02. The smallest absolute Gasteiger partial charge is 0.275 e. The van der Waals surface area contributed by atoms with E-state index in [0.717, 1.165) is 16.6 Å². The van der Waals surface area contributed by atoms with E-state index in [1.807, 2.05) is 44.2 Å². The molecule has 0 bridgehead atoms. The topological polar surface area (TPSA) is 76.9 Å². The van der Waals surface area contributed by atoms with Gasteiger partial charge < -0.3 is 5.32 Å². The molecule has 0 spiro atoms. The maximum absolute atomic E-state index is 12.7. The normalized spacial score (nSPS) is 11.0. The molecule has 0 saturated carbocycles. The van der Waals surface area contributed by atoms with Gasteiger partial charge >= 0.3 is 0 Å². The number of amides is 1. The second-order valence-corrected chi connectivity index (χ2v) is 6.21. The monoisotopic (exact) mass is 336 g/mol. The number of rotatable bonds is 5. The highest BCUT2D eigenvalue weighted by Crippen LogP contribution is 2.16. The summed E-state index contributed by atoms with van der Waals surface area (Å²) < 4.78 is 1.25. The van der Waals surface area contributed by atoms with Crippen LogP contribution in [0.1, 0.15) is 25.1 Å². The van der Waals surface area contributed by atoms with E-state index in [-0.39, 0.29) is 24.1 Å². The van der Waals surface area contributed by atoms with Gasteiger partial charge in [-0.2, -0.15) is 5.10 Å². The predicted octanol–water partition coefficient (Wildman–Crippen LogP) is 1.91. The van der Waals surface area contributed by atoms with Gasteiger partial charge in [0.15, 0.2) is 0 Å². The van der Waals surface area contributed by atoms with Crippen LogP contribution in [-0.4, -0.2) is 26.7 Å². The Balaban J connectivity index is 2.04. The molecule has 1 amide bonds. The van der Waals surface area contributed by atoms with Gasteiger partial charge in [-0.1, -0.05) is 18.2 Å². The Kier molecular flexibility index (Phi) is 4.88. The lowest BCUT2D eigenvalue weighted by atomic mass is 10.1. The van der Waals surface area contributed by atoms with Crippen molar-refractivity contribution in [1.29, 1.82) is 0 Å². The van der Waals surface area contributed by atoms with Crippen molar-refractivity contribution in [1.82, 2.24) is 20.1 Å².